The van der Waals surface area contributed by atoms with Gasteiger partial charge in [0, 0.05) is 127 Å². The van der Waals surface area contributed by atoms with Gasteiger partial charge in [0.15, 0.2) is 0 Å². The molecule has 0 amide bonds. The van der Waals surface area contributed by atoms with Crippen molar-refractivity contribution in [3.05, 3.63) is 152 Å². The second-order valence-corrected chi connectivity index (χ2v) is 38.0. The monoisotopic (exact) mass is 1720 g/mol. The number of aromatic nitrogens is 15. The molecule has 125 heavy (non-hydrogen) atoms. The van der Waals surface area contributed by atoms with Crippen molar-refractivity contribution < 1.29 is 50.0 Å². The van der Waals surface area contributed by atoms with Crippen molar-refractivity contribution >= 4 is 0 Å². The summed E-state index contributed by atoms with van der Waals surface area (Å²) in [6.45, 7) is 9.48. The van der Waals surface area contributed by atoms with Crippen molar-refractivity contribution in [3.63, 3.8) is 0 Å². The molecule has 0 aromatic carbocycles. The maximum Gasteiger partial charge on any atom is 0.248 e. The maximum atomic E-state index is 13.4. The molecule has 10 aliphatic rings. The van der Waals surface area contributed by atoms with Crippen LogP contribution in [0.25, 0.3) is 56.3 Å². The van der Waals surface area contributed by atoms with E-state index in [9.17, 15) is 26.3 Å². The first-order valence-corrected chi connectivity index (χ1v) is 44.7. The van der Waals surface area contributed by atoms with Gasteiger partial charge in [-0.2, -0.15) is 0 Å². The lowest BCUT2D eigenvalue weighted by atomic mass is 9.70. The molecular formula is C94H122F6N20O5. The van der Waals surface area contributed by atoms with Gasteiger partial charge in [0.2, 0.25) is 47.2 Å². The molecule has 0 saturated heterocycles. The standard InChI is InChI=1S/2C20H28N4O.3C18H22F2N4O/c2*1-20(2)8-6-13(7-9-20)15(21)10-16-19-14(4-5-18(23-19)25-3)17-11-22-12-24(16)17;3*1-25-16-3-2-12-15-9-22-10-24(15)14(17(12)23-16)8-13(21)11-4-6-18(19,20)7-5-11/h2*4-5,11-13,15-16H,6-10,21H2,1-3H3;3*2-3,9-11,13-14H,4-8,21H2,1H3. The van der Waals surface area contributed by atoms with E-state index >= 15 is 0 Å². The van der Waals surface area contributed by atoms with Gasteiger partial charge < -0.3 is 75.2 Å². The van der Waals surface area contributed by atoms with E-state index in [-0.39, 0.29) is 117 Å². The topological polar surface area (TPSA) is 330 Å². The van der Waals surface area contributed by atoms with E-state index < -0.39 is 17.8 Å². The van der Waals surface area contributed by atoms with Crippen LogP contribution in [0.5, 0.6) is 29.4 Å². The Kier molecular flexibility index (Phi) is 25.9. The summed E-state index contributed by atoms with van der Waals surface area (Å²) in [5.41, 5.74) is 49.2. The van der Waals surface area contributed by atoms with Gasteiger partial charge in [-0.25, -0.2) is 76.2 Å². The number of methoxy groups -OCH3 is 5. The number of rotatable bonds is 20. The summed E-state index contributed by atoms with van der Waals surface area (Å²) in [5.74, 6) is -2.97. The van der Waals surface area contributed by atoms with E-state index in [1.165, 1.54) is 51.4 Å². The molecule has 31 heteroatoms. The van der Waals surface area contributed by atoms with Crippen LogP contribution in [0.1, 0.15) is 247 Å². The zero-order chi connectivity index (χ0) is 88.0. The van der Waals surface area contributed by atoms with Crippen LogP contribution >= 0.6 is 0 Å². The quantitative estimate of drug-likeness (QED) is 0.0443. The average Bonchev–Trinajstić information content (AvgIpc) is 1.62. The number of imidazole rings is 5. The molecular weight excluding hydrogens is 1600 g/mol. The van der Waals surface area contributed by atoms with Gasteiger partial charge in [0.1, 0.15) is 0 Å². The molecule has 10 aromatic rings. The summed E-state index contributed by atoms with van der Waals surface area (Å²) in [7, 11) is 8.10. The number of hydrogen-bond acceptors (Lipinski definition) is 20. The first-order valence-electron chi connectivity index (χ1n) is 44.7. The highest BCUT2D eigenvalue weighted by Crippen LogP contribution is 2.52. The van der Waals surface area contributed by atoms with Crippen molar-refractivity contribution in [2.75, 3.05) is 35.5 Å². The predicted molar refractivity (Wildman–Crippen MR) is 466 cm³/mol. The number of ether oxygens (including phenoxy) is 5. The lowest BCUT2D eigenvalue weighted by molar-refractivity contribution is -0.0492. The molecule has 15 heterocycles. The van der Waals surface area contributed by atoms with Gasteiger partial charge >= 0.3 is 0 Å². The number of halogens is 6. The fraction of sp³-hybridized carbons (Fsp3) is 0.574. The van der Waals surface area contributed by atoms with Crippen LogP contribution in [0.2, 0.25) is 0 Å². The number of nitrogens with two attached hydrogens (primary N) is 5. The first-order chi connectivity index (χ1) is 59.9. The third kappa shape index (κ3) is 19.0. The Balaban J connectivity index is 0.000000115. The smallest absolute Gasteiger partial charge is 0.248 e. The molecule has 0 spiro atoms. The summed E-state index contributed by atoms with van der Waals surface area (Å²) in [6, 6.07) is 19.7. The molecule has 10 N–H and O–H groups in total. The molecule has 25 nitrogen and oxygen atoms in total. The van der Waals surface area contributed by atoms with Gasteiger partial charge in [-0.3, -0.25) is 0 Å². The lowest BCUT2D eigenvalue weighted by Crippen LogP contribution is -2.37. The second kappa shape index (κ2) is 36.5. The zero-order valence-electron chi connectivity index (χ0n) is 73.3. The minimum atomic E-state index is -2.53. The molecule has 670 valence electrons. The Morgan fingerprint density at radius 1 is 0.288 bits per heavy atom. The van der Waals surface area contributed by atoms with Crippen molar-refractivity contribution in [1.82, 2.24) is 72.7 Å². The molecule has 10 atom stereocenters. The highest BCUT2D eigenvalue weighted by molar-refractivity contribution is 5.71. The van der Waals surface area contributed by atoms with Crippen LogP contribution < -0.4 is 52.4 Å². The average molecular weight is 1730 g/mol. The van der Waals surface area contributed by atoms with Gasteiger partial charge in [-0.05, 0) is 193 Å². The molecule has 5 fully saturated rings. The van der Waals surface area contributed by atoms with E-state index in [1.54, 1.807) is 54.5 Å². The normalized spacial score (nSPS) is 23.1. The molecule has 10 unspecified atom stereocenters. The van der Waals surface area contributed by atoms with Crippen LogP contribution in [0.3, 0.4) is 0 Å². The number of fused-ring (bicyclic) bond motifs is 15. The second-order valence-electron chi connectivity index (χ2n) is 38.0. The fourth-order valence-corrected chi connectivity index (χ4v) is 21.2. The number of pyridine rings is 5. The number of alkyl halides is 6. The Morgan fingerprint density at radius 3 is 0.624 bits per heavy atom. The van der Waals surface area contributed by atoms with Crippen molar-refractivity contribution in [1.29, 1.82) is 0 Å². The Morgan fingerprint density at radius 2 is 0.456 bits per heavy atom. The predicted octanol–water partition coefficient (Wildman–Crippen LogP) is 17.8. The van der Waals surface area contributed by atoms with E-state index in [2.05, 4.69) is 103 Å². The van der Waals surface area contributed by atoms with E-state index in [4.69, 9.17) is 62.3 Å². The molecule has 5 saturated carbocycles. The van der Waals surface area contributed by atoms with Crippen molar-refractivity contribution in [3.8, 4) is 85.7 Å². The molecule has 20 rings (SSSR count). The Bertz CT molecular complexity index is 4570. The van der Waals surface area contributed by atoms with Gasteiger partial charge in [-0.15, -0.1) is 0 Å². The largest absolute Gasteiger partial charge is 0.481 e. The van der Waals surface area contributed by atoms with Crippen molar-refractivity contribution in [2.24, 2.45) is 69.1 Å². The van der Waals surface area contributed by atoms with E-state index in [0.717, 1.165) is 97.6 Å². The third-order valence-corrected chi connectivity index (χ3v) is 29.1. The first kappa shape index (κ1) is 88.6. The van der Waals surface area contributed by atoms with E-state index in [1.807, 2.05) is 92.2 Å². The summed E-state index contributed by atoms with van der Waals surface area (Å²) in [5, 5.41) is 0. The highest BCUT2D eigenvalue weighted by Gasteiger charge is 2.45. The highest BCUT2D eigenvalue weighted by atomic mass is 19.3. The summed E-state index contributed by atoms with van der Waals surface area (Å²) >= 11 is 0. The number of hydrogen-bond donors (Lipinski definition) is 5. The van der Waals surface area contributed by atoms with Crippen LogP contribution in [0.4, 0.5) is 26.3 Å². The summed E-state index contributed by atoms with van der Waals surface area (Å²) < 4.78 is 118. The fourth-order valence-electron chi connectivity index (χ4n) is 21.2. The SMILES string of the molecule is COc1ccc2c(n1)C(CC(N)C1CCC(C)(C)CC1)n1cncc1-2.COc1ccc2c(n1)C(CC(N)C1CCC(C)(C)CC1)n1cncc1-2.COc1ccc2c(n1)C(CC(N)C1CCC(F)(F)CC1)n1cncc1-2.COc1ccc2c(n1)C(CC(N)C1CCC(F)(F)CC1)n1cncc1-2.COc1ccc2c(n1)C(CC(N)C1CCC(F)(F)CC1)n1cncc1-2. The zero-order valence-corrected chi connectivity index (χ0v) is 73.3. The molecule has 10 aromatic heterocycles. The molecule has 0 radical (unpaired) electrons. The van der Waals surface area contributed by atoms with Gasteiger partial charge in [-0.1, -0.05) is 27.7 Å². The number of nitrogens with zero attached hydrogens (tertiary/aromatic N) is 15. The van der Waals surface area contributed by atoms with Crippen molar-refractivity contribution in [2.45, 2.75) is 266 Å². The maximum absolute atomic E-state index is 13.4. The van der Waals surface area contributed by atoms with Crippen LogP contribution in [-0.2, 0) is 0 Å². The summed E-state index contributed by atoms with van der Waals surface area (Å²) in [4.78, 5) is 44.7. The van der Waals surface area contributed by atoms with E-state index in [0.29, 0.717) is 110 Å². The van der Waals surface area contributed by atoms with Crippen LogP contribution in [0, 0.1) is 40.4 Å². The minimum Gasteiger partial charge on any atom is -0.481 e. The lowest BCUT2D eigenvalue weighted by Gasteiger charge is -2.37. The molecule has 0 bridgehead atoms. The van der Waals surface area contributed by atoms with Gasteiger partial charge in [0.25, 0.3) is 0 Å². The van der Waals surface area contributed by atoms with Crippen LogP contribution in [0.15, 0.2) is 123 Å². The minimum absolute atomic E-state index is 0.0277. The van der Waals surface area contributed by atoms with Gasteiger partial charge in [0.05, 0.1) is 185 Å². The molecule has 5 aliphatic carbocycles. The molecule has 5 aliphatic heterocycles. The third-order valence-electron chi connectivity index (χ3n) is 29.1. The Labute approximate surface area is 727 Å². The Hall–Kier alpha value is -9.82. The van der Waals surface area contributed by atoms with Crippen LogP contribution in [-0.4, -0.2) is 156 Å². The summed E-state index contributed by atoms with van der Waals surface area (Å²) in [6.07, 6.45) is 34.8.